The van der Waals surface area contributed by atoms with Crippen molar-refractivity contribution in [3.05, 3.63) is 29.6 Å². The van der Waals surface area contributed by atoms with E-state index in [1.54, 1.807) is 6.07 Å². The Morgan fingerprint density at radius 3 is 2.78 bits per heavy atom. The van der Waals surface area contributed by atoms with E-state index < -0.39 is 0 Å². The van der Waals surface area contributed by atoms with Crippen LogP contribution in [0.5, 0.6) is 5.75 Å². The summed E-state index contributed by atoms with van der Waals surface area (Å²) in [5.74, 6) is 2.57. The minimum Gasteiger partial charge on any atom is -0.493 e. The summed E-state index contributed by atoms with van der Waals surface area (Å²) < 4.78 is 19.0. The van der Waals surface area contributed by atoms with Crippen molar-refractivity contribution in [1.29, 1.82) is 0 Å². The molecule has 2 aliphatic carbocycles. The fourth-order valence-corrected chi connectivity index (χ4v) is 3.58. The SMILES string of the molecule is OCc1cc(F)cc(OCC2CC3CCC2C3)c1. The van der Waals surface area contributed by atoms with Gasteiger partial charge in [-0.25, -0.2) is 4.39 Å². The van der Waals surface area contributed by atoms with Gasteiger partial charge in [0.25, 0.3) is 0 Å². The van der Waals surface area contributed by atoms with E-state index in [1.807, 2.05) is 0 Å². The molecule has 3 heteroatoms. The van der Waals surface area contributed by atoms with Crippen molar-refractivity contribution in [3.63, 3.8) is 0 Å². The van der Waals surface area contributed by atoms with E-state index in [2.05, 4.69) is 0 Å². The van der Waals surface area contributed by atoms with Crippen LogP contribution in [0.25, 0.3) is 0 Å². The Bertz CT molecular complexity index is 433. The molecule has 1 aromatic carbocycles. The van der Waals surface area contributed by atoms with E-state index >= 15 is 0 Å². The molecule has 18 heavy (non-hydrogen) atoms. The lowest BCUT2D eigenvalue weighted by Crippen LogP contribution is -2.18. The molecule has 2 nitrogen and oxygen atoms in total. The maximum absolute atomic E-state index is 13.3. The van der Waals surface area contributed by atoms with Gasteiger partial charge in [0.15, 0.2) is 0 Å². The summed E-state index contributed by atoms with van der Waals surface area (Å²) in [5.41, 5.74) is 0.568. The van der Waals surface area contributed by atoms with Gasteiger partial charge in [-0.2, -0.15) is 0 Å². The van der Waals surface area contributed by atoms with Gasteiger partial charge in [-0.15, -0.1) is 0 Å². The molecule has 0 spiro atoms. The first kappa shape index (κ1) is 12.0. The molecule has 0 heterocycles. The quantitative estimate of drug-likeness (QED) is 0.889. The summed E-state index contributed by atoms with van der Waals surface area (Å²) in [6.07, 6.45) is 5.35. The molecule has 0 aromatic heterocycles. The molecule has 0 radical (unpaired) electrons. The van der Waals surface area contributed by atoms with E-state index in [9.17, 15) is 4.39 Å². The fraction of sp³-hybridized carbons (Fsp3) is 0.600. The molecule has 98 valence electrons. The van der Waals surface area contributed by atoms with Gasteiger partial charge in [0, 0.05) is 6.07 Å². The highest BCUT2D eigenvalue weighted by Crippen LogP contribution is 2.48. The van der Waals surface area contributed by atoms with Crippen molar-refractivity contribution >= 4 is 0 Å². The molecular formula is C15H19FO2. The predicted molar refractivity (Wildman–Crippen MR) is 66.8 cm³/mol. The molecule has 3 atom stereocenters. The second-order valence-corrected chi connectivity index (χ2v) is 5.70. The minimum absolute atomic E-state index is 0.151. The van der Waals surface area contributed by atoms with E-state index in [4.69, 9.17) is 9.84 Å². The van der Waals surface area contributed by atoms with Gasteiger partial charge in [-0.05, 0) is 54.7 Å². The Balaban J connectivity index is 1.61. The molecule has 2 bridgehead atoms. The van der Waals surface area contributed by atoms with Gasteiger partial charge in [0.1, 0.15) is 11.6 Å². The van der Waals surface area contributed by atoms with Crippen molar-refractivity contribution < 1.29 is 14.2 Å². The van der Waals surface area contributed by atoms with Gasteiger partial charge < -0.3 is 9.84 Å². The monoisotopic (exact) mass is 250 g/mol. The van der Waals surface area contributed by atoms with Crippen LogP contribution in [0.3, 0.4) is 0 Å². The number of benzene rings is 1. The Morgan fingerprint density at radius 1 is 1.22 bits per heavy atom. The number of ether oxygens (including phenoxy) is 1. The Morgan fingerprint density at radius 2 is 2.11 bits per heavy atom. The molecule has 2 fully saturated rings. The predicted octanol–water partition coefficient (Wildman–Crippen LogP) is 3.13. The maximum atomic E-state index is 13.3. The summed E-state index contributed by atoms with van der Waals surface area (Å²) in [5, 5.41) is 9.03. The number of hydrogen-bond acceptors (Lipinski definition) is 2. The zero-order chi connectivity index (χ0) is 12.5. The van der Waals surface area contributed by atoms with Crippen LogP contribution in [0, 0.1) is 23.6 Å². The maximum Gasteiger partial charge on any atom is 0.127 e. The first-order valence-electron chi connectivity index (χ1n) is 6.77. The molecular weight excluding hydrogens is 231 g/mol. The number of rotatable bonds is 4. The lowest BCUT2D eigenvalue weighted by molar-refractivity contribution is 0.194. The number of aliphatic hydroxyl groups is 1. The zero-order valence-corrected chi connectivity index (χ0v) is 10.4. The van der Waals surface area contributed by atoms with Crippen molar-refractivity contribution in [3.8, 4) is 5.75 Å². The number of aliphatic hydroxyl groups excluding tert-OH is 1. The van der Waals surface area contributed by atoms with Gasteiger partial charge in [-0.3, -0.25) is 0 Å². The highest BCUT2D eigenvalue weighted by molar-refractivity contribution is 5.29. The van der Waals surface area contributed by atoms with E-state index in [0.29, 0.717) is 23.8 Å². The molecule has 1 aromatic rings. The normalized spacial score (nSPS) is 29.8. The highest BCUT2D eigenvalue weighted by atomic mass is 19.1. The Hall–Kier alpha value is -1.09. The van der Waals surface area contributed by atoms with E-state index in [1.165, 1.54) is 37.8 Å². The minimum atomic E-state index is -0.343. The van der Waals surface area contributed by atoms with Crippen LogP contribution in [0.15, 0.2) is 18.2 Å². The third kappa shape index (κ3) is 2.37. The van der Waals surface area contributed by atoms with Gasteiger partial charge in [0.05, 0.1) is 13.2 Å². The van der Waals surface area contributed by atoms with Crippen LogP contribution in [0.2, 0.25) is 0 Å². The second-order valence-electron chi connectivity index (χ2n) is 5.70. The summed E-state index contributed by atoms with van der Waals surface area (Å²) in [7, 11) is 0. The third-order valence-corrected chi connectivity index (χ3v) is 4.46. The van der Waals surface area contributed by atoms with Crippen molar-refractivity contribution in [2.45, 2.75) is 32.3 Å². The zero-order valence-electron chi connectivity index (χ0n) is 10.4. The topological polar surface area (TPSA) is 29.5 Å². The van der Waals surface area contributed by atoms with Crippen molar-refractivity contribution in [1.82, 2.24) is 0 Å². The smallest absolute Gasteiger partial charge is 0.127 e. The first-order valence-corrected chi connectivity index (χ1v) is 6.77. The van der Waals surface area contributed by atoms with Crippen LogP contribution >= 0.6 is 0 Å². The van der Waals surface area contributed by atoms with Crippen LogP contribution in [-0.4, -0.2) is 11.7 Å². The molecule has 2 saturated carbocycles. The Kier molecular flexibility index (Phi) is 3.25. The summed E-state index contributed by atoms with van der Waals surface area (Å²) in [4.78, 5) is 0. The van der Waals surface area contributed by atoms with E-state index in [0.717, 1.165) is 11.8 Å². The van der Waals surface area contributed by atoms with Crippen molar-refractivity contribution in [2.24, 2.45) is 17.8 Å². The molecule has 0 aliphatic heterocycles. The molecule has 1 N–H and O–H groups in total. The third-order valence-electron chi connectivity index (χ3n) is 4.46. The van der Waals surface area contributed by atoms with Gasteiger partial charge in [-0.1, -0.05) is 6.42 Å². The standard InChI is InChI=1S/C15H19FO2/c16-14-5-11(8-17)6-15(7-14)18-9-13-4-10-1-2-12(13)3-10/h5-7,10,12-13,17H,1-4,8-9H2. The van der Waals surface area contributed by atoms with E-state index in [-0.39, 0.29) is 12.4 Å². The summed E-state index contributed by atoms with van der Waals surface area (Å²) in [6, 6.07) is 4.45. The molecule has 0 amide bonds. The molecule has 3 unspecified atom stereocenters. The average Bonchev–Trinajstić information content (AvgIpc) is 2.97. The largest absolute Gasteiger partial charge is 0.493 e. The number of hydrogen-bond donors (Lipinski definition) is 1. The number of fused-ring (bicyclic) bond motifs is 2. The molecule has 0 saturated heterocycles. The Labute approximate surface area is 107 Å². The van der Waals surface area contributed by atoms with Gasteiger partial charge >= 0.3 is 0 Å². The van der Waals surface area contributed by atoms with Crippen molar-refractivity contribution in [2.75, 3.05) is 6.61 Å². The lowest BCUT2D eigenvalue weighted by Gasteiger charge is -2.21. The molecule has 2 aliphatic rings. The average molecular weight is 250 g/mol. The second kappa shape index (κ2) is 4.88. The van der Waals surface area contributed by atoms with Crippen LogP contribution in [0.1, 0.15) is 31.2 Å². The summed E-state index contributed by atoms with van der Waals surface area (Å²) >= 11 is 0. The summed E-state index contributed by atoms with van der Waals surface area (Å²) in [6.45, 7) is 0.539. The van der Waals surface area contributed by atoms with Crippen LogP contribution in [0.4, 0.5) is 4.39 Å². The van der Waals surface area contributed by atoms with Gasteiger partial charge in [0.2, 0.25) is 0 Å². The first-order chi connectivity index (χ1) is 8.74. The van der Waals surface area contributed by atoms with Crippen LogP contribution < -0.4 is 4.74 Å². The number of halogens is 1. The highest BCUT2D eigenvalue weighted by Gasteiger charge is 2.39. The lowest BCUT2D eigenvalue weighted by atomic mass is 9.89. The fourth-order valence-electron chi connectivity index (χ4n) is 3.58. The van der Waals surface area contributed by atoms with Crippen LogP contribution in [-0.2, 0) is 6.61 Å². The molecule has 3 rings (SSSR count).